The number of likely N-dealkylation sites (tertiary alicyclic amines) is 2. The number of amides is 1. The Balaban J connectivity index is 1.77. The van der Waals surface area contributed by atoms with Crippen LogP contribution in [0, 0.1) is 0 Å². The second kappa shape index (κ2) is 6.69. The molecule has 0 radical (unpaired) electrons. The topological polar surface area (TPSA) is 32.8 Å². The molecule has 4 nitrogen and oxygen atoms in total. The van der Waals surface area contributed by atoms with E-state index in [0.717, 1.165) is 37.2 Å². The largest absolute Gasteiger partial charge is 0.494 e. The number of hydrogen-bond acceptors (Lipinski definition) is 3. The van der Waals surface area contributed by atoms with E-state index >= 15 is 0 Å². The summed E-state index contributed by atoms with van der Waals surface area (Å²) in [6, 6.07) is 8.49. The zero-order valence-corrected chi connectivity index (χ0v) is 13.6. The fraction of sp³-hybridized carbons (Fsp3) is 0.611. The highest BCUT2D eigenvalue weighted by atomic mass is 16.5. The number of likely N-dealkylation sites (N-methyl/N-ethyl adjacent to an activating group) is 1. The van der Waals surface area contributed by atoms with Crippen molar-refractivity contribution in [3.8, 4) is 5.75 Å². The average Bonchev–Trinajstić information content (AvgIpc) is 3.15. The lowest BCUT2D eigenvalue weighted by Crippen LogP contribution is -2.47. The summed E-state index contributed by atoms with van der Waals surface area (Å²) in [5.41, 5.74) is 0.749. The second-order valence-corrected chi connectivity index (χ2v) is 6.36. The van der Waals surface area contributed by atoms with Crippen LogP contribution in [0.25, 0.3) is 0 Å². The molecule has 2 fully saturated rings. The molecule has 2 heterocycles. The maximum absolute atomic E-state index is 12.9. The Bertz CT molecular complexity index is 532. The molecule has 0 bridgehead atoms. The van der Waals surface area contributed by atoms with E-state index in [1.807, 2.05) is 31.2 Å². The molecular formula is C18H26N2O2. The monoisotopic (exact) mass is 302 g/mol. The van der Waals surface area contributed by atoms with Gasteiger partial charge in [0.1, 0.15) is 5.75 Å². The van der Waals surface area contributed by atoms with Gasteiger partial charge in [0, 0.05) is 24.2 Å². The first-order valence-corrected chi connectivity index (χ1v) is 8.44. The lowest BCUT2D eigenvalue weighted by molar-refractivity contribution is 0.0664. The van der Waals surface area contributed by atoms with Crippen LogP contribution in [0.4, 0.5) is 0 Å². The van der Waals surface area contributed by atoms with E-state index in [2.05, 4.69) is 16.8 Å². The number of nitrogens with zero attached hydrogens (tertiary/aromatic N) is 2. The molecular weight excluding hydrogens is 276 g/mol. The summed E-state index contributed by atoms with van der Waals surface area (Å²) in [5, 5.41) is 0. The summed E-state index contributed by atoms with van der Waals surface area (Å²) < 4.78 is 5.52. The molecule has 2 unspecified atom stereocenters. The van der Waals surface area contributed by atoms with E-state index in [1.165, 1.54) is 12.8 Å². The minimum absolute atomic E-state index is 0.157. The van der Waals surface area contributed by atoms with Gasteiger partial charge in [-0.15, -0.1) is 0 Å². The molecule has 3 rings (SSSR count). The maximum atomic E-state index is 12.9. The Kier molecular flexibility index (Phi) is 4.67. The van der Waals surface area contributed by atoms with E-state index < -0.39 is 0 Å². The van der Waals surface area contributed by atoms with Crippen molar-refractivity contribution in [3.63, 3.8) is 0 Å². The van der Waals surface area contributed by atoms with Gasteiger partial charge in [-0.05, 0) is 64.4 Å². The standard InChI is InChI=1S/C18H26N2O2/c1-3-22-15-8-4-7-14(13-15)18(21)20-12-6-10-17(20)16-9-5-11-19(16)2/h4,7-8,13,16-17H,3,5-6,9-12H2,1-2H3. The number of rotatable bonds is 4. The van der Waals surface area contributed by atoms with Gasteiger partial charge in [0.25, 0.3) is 5.91 Å². The van der Waals surface area contributed by atoms with Gasteiger partial charge in [-0.3, -0.25) is 4.79 Å². The first-order chi connectivity index (χ1) is 10.7. The van der Waals surface area contributed by atoms with Gasteiger partial charge in [0.2, 0.25) is 0 Å². The molecule has 0 aromatic heterocycles. The number of carbonyl (C=O) groups is 1. The van der Waals surface area contributed by atoms with E-state index in [9.17, 15) is 4.79 Å². The van der Waals surface area contributed by atoms with Crippen LogP contribution in [-0.2, 0) is 0 Å². The number of benzene rings is 1. The third-order valence-corrected chi connectivity index (χ3v) is 4.97. The predicted octanol–water partition coefficient (Wildman–Crippen LogP) is 2.78. The highest BCUT2D eigenvalue weighted by Gasteiger charge is 2.38. The minimum atomic E-state index is 0.157. The Morgan fingerprint density at radius 1 is 1.23 bits per heavy atom. The number of hydrogen-bond donors (Lipinski definition) is 0. The van der Waals surface area contributed by atoms with Crippen molar-refractivity contribution in [2.45, 2.75) is 44.7 Å². The molecule has 2 saturated heterocycles. The summed E-state index contributed by atoms with van der Waals surface area (Å²) in [6.45, 7) is 4.62. The van der Waals surface area contributed by atoms with Crippen molar-refractivity contribution >= 4 is 5.91 Å². The molecule has 22 heavy (non-hydrogen) atoms. The van der Waals surface area contributed by atoms with Gasteiger partial charge >= 0.3 is 0 Å². The van der Waals surface area contributed by atoms with E-state index in [-0.39, 0.29) is 5.91 Å². The summed E-state index contributed by atoms with van der Waals surface area (Å²) >= 11 is 0. The smallest absolute Gasteiger partial charge is 0.254 e. The number of carbonyl (C=O) groups excluding carboxylic acids is 1. The third-order valence-electron chi connectivity index (χ3n) is 4.97. The van der Waals surface area contributed by atoms with Crippen molar-refractivity contribution in [1.29, 1.82) is 0 Å². The first kappa shape index (κ1) is 15.3. The molecule has 0 saturated carbocycles. The second-order valence-electron chi connectivity index (χ2n) is 6.36. The van der Waals surface area contributed by atoms with Gasteiger partial charge < -0.3 is 14.5 Å². The van der Waals surface area contributed by atoms with Crippen LogP contribution in [-0.4, -0.2) is 54.5 Å². The molecule has 120 valence electrons. The van der Waals surface area contributed by atoms with Crippen LogP contribution in [0.2, 0.25) is 0 Å². The minimum Gasteiger partial charge on any atom is -0.494 e. The summed E-state index contributed by atoms with van der Waals surface area (Å²) in [4.78, 5) is 17.4. The Morgan fingerprint density at radius 3 is 2.73 bits per heavy atom. The van der Waals surface area contributed by atoms with Gasteiger partial charge in [0.05, 0.1) is 6.61 Å². The van der Waals surface area contributed by atoms with E-state index in [0.29, 0.717) is 18.7 Å². The molecule has 1 aromatic rings. The Morgan fingerprint density at radius 2 is 2.00 bits per heavy atom. The molecule has 0 spiro atoms. The maximum Gasteiger partial charge on any atom is 0.254 e. The lowest BCUT2D eigenvalue weighted by atomic mass is 10.0. The fourth-order valence-electron chi connectivity index (χ4n) is 3.92. The van der Waals surface area contributed by atoms with Crippen LogP contribution in [0.5, 0.6) is 5.75 Å². The average molecular weight is 302 g/mol. The summed E-state index contributed by atoms with van der Waals surface area (Å²) in [5.74, 6) is 0.937. The highest BCUT2D eigenvalue weighted by molar-refractivity contribution is 5.95. The van der Waals surface area contributed by atoms with Crippen LogP contribution in [0.3, 0.4) is 0 Å². The van der Waals surface area contributed by atoms with Crippen LogP contribution in [0.1, 0.15) is 43.0 Å². The molecule has 2 aliphatic heterocycles. The molecule has 1 aromatic carbocycles. The third kappa shape index (κ3) is 2.98. The van der Waals surface area contributed by atoms with Gasteiger partial charge in [-0.25, -0.2) is 0 Å². The molecule has 4 heteroatoms. The quantitative estimate of drug-likeness (QED) is 0.857. The van der Waals surface area contributed by atoms with Crippen LogP contribution in [0.15, 0.2) is 24.3 Å². The molecule has 0 aliphatic carbocycles. The van der Waals surface area contributed by atoms with Crippen LogP contribution < -0.4 is 4.74 Å². The highest BCUT2D eigenvalue weighted by Crippen LogP contribution is 2.30. The summed E-state index contributed by atoms with van der Waals surface area (Å²) in [6.07, 6.45) is 4.71. The molecule has 2 atom stereocenters. The van der Waals surface area contributed by atoms with Crippen molar-refractivity contribution in [2.75, 3.05) is 26.7 Å². The fourth-order valence-corrected chi connectivity index (χ4v) is 3.92. The zero-order chi connectivity index (χ0) is 15.5. The van der Waals surface area contributed by atoms with Crippen molar-refractivity contribution in [2.24, 2.45) is 0 Å². The Labute approximate surface area is 133 Å². The van der Waals surface area contributed by atoms with Gasteiger partial charge in [-0.1, -0.05) is 6.07 Å². The Hall–Kier alpha value is -1.55. The van der Waals surface area contributed by atoms with Crippen molar-refractivity contribution in [1.82, 2.24) is 9.80 Å². The molecule has 2 aliphatic rings. The normalized spacial score (nSPS) is 25.6. The van der Waals surface area contributed by atoms with Crippen molar-refractivity contribution < 1.29 is 9.53 Å². The zero-order valence-electron chi connectivity index (χ0n) is 13.6. The summed E-state index contributed by atoms with van der Waals surface area (Å²) in [7, 11) is 2.19. The van der Waals surface area contributed by atoms with Crippen LogP contribution >= 0.6 is 0 Å². The van der Waals surface area contributed by atoms with Gasteiger partial charge in [-0.2, -0.15) is 0 Å². The van der Waals surface area contributed by atoms with E-state index in [4.69, 9.17) is 4.74 Å². The predicted molar refractivity (Wildman–Crippen MR) is 87.3 cm³/mol. The number of ether oxygens (including phenoxy) is 1. The SMILES string of the molecule is CCOc1cccc(C(=O)N2CCCC2C2CCCN2C)c1. The molecule has 1 amide bonds. The molecule has 0 N–H and O–H groups in total. The van der Waals surface area contributed by atoms with Crippen molar-refractivity contribution in [3.05, 3.63) is 29.8 Å². The van der Waals surface area contributed by atoms with E-state index in [1.54, 1.807) is 0 Å². The first-order valence-electron chi connectivity index (χ1n) is 8.44. The lowest BCUT2D eigenvalue weighted by Gasteiger charge is -2.33. The van der Waals surface area contributed by atoms with Gasteiger partial charge in [0.15, 0.2) is 0 Å².